The summed E-state index contributed by atoms with van der Waals surface area (Å²) in [4.78, 5) is 32.2. The van der Waals surface area contributed by atoms with E-state index >= 15 is 0 Å². The van der Waals surface area contributed by atoms with Gasteiger partial charge >= 0.3 is 0 Å². The van der Waals surface area contributed by atoms with Gasteiger partial charge in [0.2, 0.25) is 0 Å². The van der Waals surface area contributed by atoms with Gasteiger partial charge in [0.25, 0.3) is 11.5 Å². The molecule has 0 saturated carbocycles. The van der Waals surface area contributed by atoms with Gasteiger partial charge in [-0.05, 0) is 61.9 Å². The molecule has 1 aliphatic rings. The molecule has 0 aliphatic heterocycles. The van der Waals surface area contributed by atoms with Gasteiger partial charge in [0.15, 0.2) is 11.5 Å². The van der Waals surface area contributed by atoms with Crippen LogP contribution < -0.4 is 20.5 Å². The topological polar surface area (TPSA) is 94.8 Å². The number of rotatable bonds is 6. The SMILES string of the molecule is COc1ccc(C=NNC(=O)C(C)n2cnc3sc4c(c3c2=O)CCCC4)cc1OC. The maximum atomic E-state index is 13.1. The Morgan fingerprint density at radius 2 is 2.03 bits per heavy atom. The number of aryl methyl sites for hydroxylation is 2. The number of carbonyl (C=O) groups is 1. The molecule has 0 spiro atoms. The van der Waals surface area contributed by atoms with Crippen LogP contribution in [-0.4, -0.2) is 35.9 Å². The molecule has 0 radical (unpaired) electrons. The molecule has 0 saturated heterocycles. The van der Waals surface area contributed by atoms with Crippen LogP contribution in [0.1, 0.15) is 41.8 Å². The smallest absolute Gasteiger partial charge is 0.263 e. The van der Waals surface area contributed by atoms with Gasteiger partial charge in [0, 0.05) is 4.88 Å². The second-order valence-corrected chi connectivity index (χ2v) is 8.46. The summed E-state index contributed by atoms with van der Waals surface area (Å²) < 4.78 is 11.9. The lowest BCUT2D eigenvalue weighted by Crippen LogP contribution is -2.34. The molecule has 8 nitrogen and oxygen atoms in total. The Bertz CT molecular complexity index is 1210. The highest BCUT2D eigenvalue weighted by Gasteiger charge is 2.23. The minimum atomic E-state index is -0.744. The number of fused-ring (bicyclic) bond motifs is 3. The van der Waals surface area contributed by atoms with Crippen LogP contribution in [-0.2, 0) is 17.6 Å². The zero-order chi connectivity index (χ0) is 22.0. The summed E-state index contributed by atoms with van der Waals surface area (Å²) in [5.74, 6) is 0.774. The molecule has 0 fully saturated rings. The van der Waals surface area contributed by atoms with Crippen LogP contribution in [0.15, 0.2) is 34.4 Å². The molecule has 1 N–H and O–H groups in total. The van der Waals surface area contributed by atoms with Crippen molar-refractivity contribution in [2.24, 2.45) is 5.10 Å². The largest absolute Gasteiger partial charge is 0.493 e. The highest BCUT2D eigenvalue weighted by atomic mass is 32.1. The summed E-state index contributed by atoms with van der Waals surface area (Å²) >= 11 is 1.59. The Hall–Kier alpha value is -3.20. The van der Waals surface area contributed by atoms with E-state index in [2.05, 4.69) is 15.5 Å². The van der Waals surface area contributed by atoms with Crippen molar-refractivity contribution in [2.75, 3.05) is 14.2 Å². The molecular weight excluding hydrogens is 416 g/mol. The molecule has 162 valence electrons. The number of methoxy groups -OCH3 is 2. The first-order chi connectivity index (χ1) is 15.0. The van der Waals surface area contributed by atoms with E-state index < -0.39 is 11.9 Å². The molecule has 1 atom stereocenters. The maximum absolute atomic E-state index is 13.1. The predicted molar refractivity (Wildman–Crippen MR) is 121 cm³/mol. The number of carbonyl (C=O) groups excluding carboxylic acids is 1. The number of nitrogens with zero attached hydrogens (tertiary/aromatic N) is 3. The van der Waals surface area contributed by atoms with Gasteiger partial charge in [-0.1, -0.05) is 0 Å². The lowest BCUT2D eigenvalue weighted by atomic mass is 9.97. The summed E-state index contributed by atoms with van der Waals surface area (Å²) in [7, 11) is 3.11. The van der Waals surface area contributed by atoms with E-state index in [1.165, 1.54) is 22.0 Å². The lowest BCUT2D eigenvalue weighted by Gasteiger charge is -2.14. The van der Waals surface area contributed by atoms with Crippen LogP contribution in [0.25, 0.3) is 10.2 Å². The fraction of sp³-hybridized carbons (Fsp3) is 0.364. The predicted octanol–water partition coefficient (Wildman–Crippen LogP) is 3.07. The lowest BCUT2D eigenvalue weighted by molar-refractivity contribution is -0.123. The van der Waals surface area contributed by atoms with E-state index in [0.717, 1.165) is 41.6 Å². The normalized spacial score (nSPS) is 14.4. The van der Waals surface area contributed by atoms with Crippen LogP contribution >= 0.6 is 11.3 Å². The fourth-order valence-corrected chi connectivity index (χ4v) is 4.98. The number of benzene rings is 1. The Labute approximate surface area is 183 Å². The fourth-order valence-electron chi connectivity index (χ4n) is 3.76. The molecule has 2 aromatic heterocycles. The first-order valence-electron chi connectivity index (χ1n) is 10.1. The second kappa shape index (κ2) is 8.89. The third-order valence-electron chi connectivity index (χ3n) is 5.49. The Morgan fingerprint density at radius 3 is 2.81 bits per heavy atom. The molecule has 0 bridgehead atoms. The first kappa shape index (κ1) is 21.0. The van der Waals surface area contributed by atoms with Crippen molar-refractivity contribution < 1.29 is 14.3 Å². The van der Waals surface area contributed by atoms with E-state index in [-0.39, 0.29) is 5.56 Å². The number of hydrogen-bond donors (Lipinski definition) is 1. The number of aromatic nitrogens is 2. The molecular formula is C22H24N4O4S. The van der Waals surface area contributed by atoms with Crippen LogP contribution in [0, 0.1) is 0 Å². The average molecular weight is 441 g/mol. The minimum absolute atomic E-state index is 0.170. The van der Waals surface area contributed by atoms with E-state index in [0.29, 0.717) is 16.9 Å². The first-order valence-corrected chi connectivity index (χ1v) is 10.9. The third kappa shape index (κ3) is 4.05. The van der Waals surface area contributed by atoms with Gasteiger partial charge in [-0.2, -0.15) is 5.10 Å². The standard InChI is InChI=1S/C22H24N4O4S/c1-13(20(27)25-24-11-14-8-9-16(29-2)17(10-14)30-3)26-12-23-21-19(22(26)28)15-6-4-5-7-18(15)31-21/h8-13H,4-7H2,1-3H3,(H,25,27). The number of amides is 1. The van der Waals surface area contributed by atoms with Crippen molar-refractivity contribution in [3.8, 4) is 11.5 Å². The molecule has 4 rings (SSSR count). The van der Waals surface area contributed by atoms with E-state index in [4.69, 9.17) is 9.47 Å². The zero-order valence-corrected chi connectivity index (χ0v) is 18.5. The average Bonchev–Trinajstić information content (AvgIpc) is 3.18. The van der Waals surface area contributed by atoms with Crippen molar-refractivity contribution in [1.29, 1.82) is 0 Å². The Balaban J connectivity index is 1.52. The molecule has 1 aliphatic carbocycles. The van der Waals surface area contributed by atoms with Gasteiger partial charge in [-0.15, -0.1) is 11.3 Å². The maximum Gasteiger partial charge on any atom is 0.263 e. The van der Waals surface area contributed by atoms with Gasteiger partial charge in [0.1, 0.15) is 10.9 Å². The van der Waals surface area contributed by atoms with Crippen molar-refractivity contribution >= 4 is 33.7 Å². The number of ether oxygens (including phenoxy) is 2. The van der Waals surface area contributed by atoms with E-state index in [9.17, 15) is 9.59 Å². The Kier molecular flexibility index (Phi) is 6.03. The molecule has 3 aromatic rings. The summed E-state index contributed by atoms with van der Waals surface area (Å²) in [5.41, 5.74) is 4.17. The van der Waals surface area contributed by atoms with Crippen LogP contribution in [0.2, 0.25) is 0 Å². The zero-order valence-electron chi connectivity index (χ0n) is 17.7. The molecule has 2 heterocycles. The number of nitrogens with one attached hydrogen (secondary N) is 1. The Morgan fingerprint density at radius 1 is 1.26 bits per heavy atom. The van der Waals surface area contributed by atoms with Crippen molar-refractivity contribution in [3.63, 3.8) is 0 Å². The number of thiophene rings is 1. The summed E-state index contributed by atoms with van der Waals surface area (Å²) in [6.45, 7) is 1.66. The highest BCUT2D eigenvalue weighted by molar-refractivity contribution is 7.18. The van der Waals surface area contributed by atoms with Crippen LogP contribution in [0.4, 0.5) is 0 Å². The molecule has 1 amide bonds. The monoisotopic (exact) mass is 440 g/mol. The second-order valence-electron chi connectivity index (χ2n) is 7.37. The highest BCUT2D eigenvalue weighted by Crippen LogP contribution is 2.33. The summed E-state index contributed by atoms with van der Waals surface area (Å²) in [6, 6.07) is 4.56. The number of hydrazone groups is 1. The summed E-state index contributed by atoms with van der Waals surface area (Å²) in [6.07, 6.45) is 7.07. The van der Waals surface area contributed by atoms with E-state index in [1.54, 1.807) is 50.7 Å². The van der Waals surface area contributed by atoms with Gasteiger partial charge in [-0.25, -0.2) is 10.4 Å². The quantitative estimate of drug-likeness (QED) is 0.470. The molecule has 1 unspecified atom stereocenters. The third-order valence-corrected chi connectivity index (χ3v) is 6.69. The van der Waals surface area contributed by atoms with Crippen molar-refractivity contribution in [1.82, 2.24) is 15.0 Å². The van der Waals surface area contributed by atoms with Crippen LogP contribution in [0.3, 0.4) is 0 Å². The van der Waals surface area contributed by atoms with Crippen LogP contribution in [0.5, 0.6) is 11.5 Å². The van der Waals surface area contributed by atoms with Gasteiger partial charge in [-0.3, -0.25) is 14.2 Å². The van der Waals surface area contributed by atoms with Crippen molar-refractivity contribution in [2.45, 2.75) is 38.6 Å². The van der Waals surface area contributed by atoms with Gasteiger partial charge in [0.05, 0.1) is 32.1 Å². The van der Waals surface area contributed by atoms with Gasteiger partial charge < -0.3 is 9.47 Å². The molecule has 31 heavy (non-hydrogen) atoms. The van der Waals surface area contributed by atoms with E-state index in [1.807, 2.05) is 0 Å². The number of hydrogen-bond acceptors (Lipinski definition) is 7. The summed E-state index contributed by atoms with van der Waals surface area (Å²) in [5, 5.41) is 4.68. The molecule has 1 aromatic carbocycles. The minimum Gasteiger partial charge on any atom is -0.493 e. The molecule has 9 heteroatoms. The van der Waals surface area contributed by atoms with Crippen molar-refractivity contribution in [3.05, 3.63) is 50.9 Å².